The summed E-state index contributed by atoms with van der Waals surface area (Å²) in [7, 11) is 4.15. The van der Waals surface area contributed by atoms with Crippen molar-refractivity contribution in [1.82, 2.24) is 10.2 Å². The second-order valence-electron chi connectivity index (χ2n) is 6.94. The monoisotopic (exact) mass is 359 g/mol. The number of hydrogen-bond acceptors (Lipinski definition) is 3. The number of carbonyl (C=O) groups is 1. The lowest BCUT2D eigenvalue weighted by atomic mass is 10.0. The lowest BCUT2D eigenvalue weighted by Crippen LogP contribution is -2.46. The van der Waals surface area contributed by atoms with Gasteiger partial charge in [-0.15, -0.1) is 0 Å². The van der Waals surface area contributed by atoms with Crippen molar-refractivity contribution >= 4 is 23.2 Å². The minimum atomic E-state index is -0.204. The predicted octanol–water partition coefficient (Wildman–Crippen LogP) is 4.02. The molecule has 2 N–H and O–H groups in total. The van der Waals surface area contributed by atoms with Gasteiger partial charge in [-0.25, -0.2) is 0 Å². The predicted molar refractivity (Wildman–Crippen MR) is 105 cm³/mol. The number of amides is 1. The summed E-state index contributed by atoms with van der Waals surface area (Å²) in [6.45, 7) is 6.00. The zero-order valence-electron chi connectivity index (χ0n) is 15.3. The zero-order chi connectivity index (χ0) is 18.4. The molecule has 5 heteroatoms. The third kappa shape index (κ3) is 5.56. The molecular weight excluding hydrogens is 334 g/mol. The summed E-state index contributed by atoms with van der Waals surface area (Å²) >= 11 is 6.08. The van der Waals surface area contributed by atoms with E-state index in [-0.39, 0.29) is 11.4 Å². The molecule has 2 rings (SSSR count). The van der Waals surface area contributed by atoms with Crippen LogP contribution in [-0.4, -0.2) is 37.0 Å². The molecule has 4 nitrogen and oxygen atoms in total. The number of anilines is 1. The summed E-state index contributed by atoms with van der Waals surface area (Å²) in [5.41, 5.74) is 2.43. The van der Waals surface area contributed by atoms with E-state index in [1.807, 2.05) is 24.3 Å². The molecule has 25 heavy (non-hydrogen) atoms. The molecule has 0 saturated heterocycles. The van der Waals surface area contributed by atoms with Gasteiger partial charge in [0, 0.05) is 24.3 Å². The molecule has 2 aromatic carbocycles. The first-order valence-electron chi connectivity index (χ1n) is 8.32. The first kappa shape index (κ1) is 19.4. The van der Waals surface area contributed by atoms with E-state index >= 15 is 0 Å². The summed E-state index contributed by atoms with van der Waals surface area (Å²) in [5.74, 6) is -0.204. The molecule has 0 spiro atoms. The summed E-state index contributed by atoms with van der Waals surface area (Å²) in [4.78, 5) is 14.5. The number of benzene rings is 2. The van der Waals surface area contributed by atoms with E-state index in [2.05, 4.69) is 43.5 Å². The van der Waals surface area contributed by atoms with Gasteiger partial charge in [0.1, 0.15) is 0 Å². The Morgan fingerprint density at radius 3 is 2.52 bits per heavy atom. The van der Waals surface area contributed by atoms with E-state index < -0.39 is 0 Å². The molecule has 0 aliphatic heterocycles. The van der Waals surface area contributed by atoms with Crippen LogP contribution in [0, 0.1) is 0 Å². The highest BCUT2D eigenvalue weighted by atomic mass is 35.5. The standard InChI is InChI=1S/C20H26ClN3O/c1-20(2,24(3)4)14-22-13-15-8-7-9-16(12-15)23-19(25)17-10-5-6-11-18(17)21/h5-12,22H,13-14H2,1-4H3,(H,23,25). The maximum absolute atomic E-state index is 12.3. The number of halogens is 1. The van der Waals surface area contributed by atoms with Gasteiger partial charge in [0.15, 0.2) is 0 Å². The Bertz CT molecular complexity index is 728. The van der Waals surface area contributed by atoms with E-state index in [0.29, 0.717) is 10.6 Å². The van der Waals surface area contributed by atoms with E-state index in [1.54, 1.807) is 24.3 Å². The minimum absolute atomic E-state index is 0.0793. The third-order valence-corrected chi connectivity index (χ3v) is 4.73. The minimum Gasteiger partial charge on any atom is -0.322 e. The summed E-state index contributed by atoms with van der Waals surface area (Å²) in [6, 6.07) is 14.9. The fourth-order valence-electron chi connectivity index (χ4n) is 2.27. The zero-order valence-corrected chi connectivity index (χ0v) is 16.0. The highest BCUT2D eigenvalue weighted by Crippen LogP contribution is 2.18. The quantitative estimate of drug-likeness (QED) is 0.784. The van der Waals surface area contributed by atoms with Crippen LogP contribution in [0.4, 0.5) is 5.69 Å². The van der Waals surface area contributed by atoms with Gasteiger partial charge in [0.05, 0.1) is 10.6 Å². The van der Waals surface area contributed by atoms with Gasteiger partial charge in [-0.1, -0.05) is 35.9 Å². The summed E-state index contributed by atoms with van der Waals surface area (Å²) < 4.78 is 0. The largest absolute Gasteiger partial charge is 0.322 e. The van der Waals surface area contributed by atoms with Crippen molar-refractivity contribution in [1.29, 1.82) is 0 Å². The molecule has 0 atom stereocenters. The maximum Gasteiger partial charge on any atom is 0.257 e. The van der Waals surface area contributed by atoms with Crippen LogP contribution in [0.3, 0.4) is 0 Å². The number of carbonyl (C=O) groups excluding carboxylic acids is 1. The first-order valence-corrected chi connectivity index (χ1v) is 8.70. The second-order valence-corrected chi connectivity index (χ2v) is 7.35. The number of likely N-dealkylation sites (N-methyl/N-ethyl adjacent to an activating group) is 1. The normalized spacial score (nSPS) is 11.6. The Morgan fingerprint density at radius 1 is 1.12 bits per heavy atom. The van der Waals surface area contributed by atoms with E-state index in [0.717, 1.165) is 24.3 Å². The van der Waals surface area contributed by atoms with Crippen molar-refractivity contribution < 1.29 is 4.79 Å². The molecule has 0 unspecified atom stereocenters. The summed E-state index contributed by atoms with van der Waals surface area (Å²) in [6.07, 6.45) is 0. The van der Waals surface area contributed by atoms with Crippen molar-refractivity contribution in [3.63, 3.8) is 0 Å². The average Bonchev–Trinajstić information content (AvgIpc) is 2.55. The van der Waals surface area contributed by atoms with Crippen LogP contribution in [0.15, 0.2) is 48.5 Å². The highest BCUT2D eigenvalue weighted by Gasteiger charge is 2.19. The van der Waals surface area contributed by atoms with E-state index in [4.69, 9.17) is 11.6 Å². The molecule has 1 amide bonds. The molecular formula is C20H26ClN3O. The molecule has 2 aromatic rings. The van der Waals surface area contributed by atoms with Crippen molar-refractivity contribution in [2.75, 3.05) is 26.0 Å². The highest BCUT2D eigenvalue weighted by molar-refractivity contribution is 6.34. The van der Waals surface area contributed by atoms with Crippen LogP contribution in [0.5, 0.6) is 0 Å². The Labute approximate surface area is 155 Å². The molecule has 0 radical (unpaired) electrons. The van der Waals surface area contributed by atoms with Gasteiger partial charge < -0.3 is 15.5 Å². The van der Waals surface area contributed by atoms with Crippen molar-refractivity contribution in [2.24, 2.45) is 0 Å². The fraction of sp³-hybridized carbons (Fsp3) is 0.350. The maximum atomic E-state index is 12.3. The van der Waals surface area contributed by atoms with Gasteiger partial charge in [0.25, 0.3) is 5.91 Å². The molecule has 0 aliphatic rings. The number of nitrogens with zero attached hydrogens (tertiary/aromatic N) is 1. The van der Waals surface area contributed by atoms with Gasteiger partial charge >= 0.3 is 0 Å². The smallest absolute Gasteiger partial charge is 0.257 e. The molecule has 0 aromatic heterocycles. The van der Waals surface area contributed by atoms with Crippen LogP contribution in [-0.2, 0) is 6.54 Å². The van der Waals surface area contributed by atoms with Crippen LogP contribution in [0.25, 0.3) is 0 Å². The third-order valence-electron chi connectivity index (χ3n) is 4.40. The lowest BCUT2D eigenvalue weighted by Gasteiger charge is -2.32. The van der Waals surface area contributed by atoms with Gasteiger partial charge in [-0.3, -0.25) is 4.79 Å². The fourth-order valence-corrected chi connectivity index (χ4v) is 2.50. The SMILES string of the molecule is CN(C)C(C)(C)CNCc1cccc(NC(=O)c2ccccc2Cl)c1. The van der Waals surface area contributed by atoms with Gasteiger partial charge in [0.2, 0.25) is 0 Å². The Hall–Kier alpha value is -1.88. The Morgan fingerprint density at radius 2 is 1.84 bits per heavy atom. The summed E-state index contributed by atoms with van der Waals surface area (Å²) in [5, 5.41) is 6.82. The topological polar surface area (TPSA) is 44.4 Å². The van der Waals surface area contributed by atoms with Gasteiger partial charge in [-0.05, 0) is 57.8 Å². The molecule has 0 bridgehead atoms. The number of hydrogen-bond donors (Lipinski definition) is 2. The molecule has 0 fully saturated rings. The van der Waals surface area contributed by atoms with Crippen molar-refractivity contribution in [2.45, 2.75) is 25.9 Å². The van der Waals surface area contributed by atoms with Crippen LogP contribution >= 0.6 is 11.6 Å². The number of rotatable bonds is 7. The van der Waals surface area contributed by atoms with Crippen molar-refractivity contribution in [3.8, 4) is 0 Å². The molecule has 0 aliphatic carbocycles. The molecule has 134 valence electrons. The lowest BCUT2D eigenvalue weighted by molar-refractivity contribution is 0.102. The average molecular weight is 360 g/mol. The van der Waals surface area contributed by atoms with Crippen LogP contribution in [0.2, 0.25) is 5.02 Å². The first-order chi connectivity index (χ1) is 11.8. The van der Waals surface area contributed by atoms with E-state index in [9.17, 15) is 4.79 Å². The molecule has 0 heterocycles. The second kappa shape index (κ2) is 8.48. The Kier molecular flexibility index (Phi) is 6.59. The van der Waals surface area contributed by atoms with Crippen LogP contribution in [0.1, 0.15) is 29.8 Å². The number of nitrogens with one attached hydrogen (secondary N) is 2. The van der Waals surface area contributed by atoms with Crippen LogP contribution < -0.4 is 10.6 Å². The van der Waals surface area contributed by atoms with Gasteiger partial charge in [-0.2, -0.15) is 0 Å². The van der Waals surface area contributed by atoms with Crippen molar-refractivity contribution in [3.05, 3.63) is 64.7 Å². The molecule has 0 saturated carbocycles. The van der Waals surface area contributed by atoms with E-state index in [1.165, 1.54) is 0 Å². The Balaban J connectivity index is 1.97.